The maximum absolute atomic E-state index is 14.1. The third-order valence-corrected chi connectivity index (χ3v) is 8.62. The number of carbonyl (C=O) groups is 5. The predicted molar refractivity (Wildman–Crippen MR) is 152 cm³/mol. The number of allylic oxidation sites excluding steroid dienone is 1. The molecule has 5 rings (SSSR count). The zero-order chi connectivity index (χ0) is 30.2. The highest BCUT2D eigenvalue weighted by Crippen LogP contribution is 2.45. The number of amides is 4. The van der Waals surface area contributed by atoms with Crippen molar-refractivity contribution in [1.82, 2.24) is 20.4 Å². The van der Waals surface area contributed by atoms with Crippen LogP contribution in [0.25, 0.3) is 0 Å². The van der Waals surface area contributed by atoms with Crippen LogP contribution in [0.4, 0.5) is 4.79 Å². The van der Waals surface area contributed by atoms with Gasteiger partial charge in [0.2, 0.25) is 11.8 Å². The molecule has 1 aromatic carbocycles. The van der Waals surface area contributed by atoms with Crippen LogP contribution in [0.1, 0.15) is 81.6 Å². The SMILES string of the molecule is CC(C)(C)OC(=O)NC1CCCCC/C=C/C2CC2(C(=O)O)NC(=O)C2C[C@@H](N3Cc4ccccc4C3=O)CN2C1=O. The van der Waals surface area contributed by atoms with Gasteiger partial charge in [-0.05, 0) is 64.5 Å². The monoisotopic (exact) mass is 580 g/mol. The molecule has 4 unspecified atom stereocenters. The van der Waals surface area contributed by atoms with Crippen LogP contribution in [0.3, 0.4) is 0 Å². The smallest absolute Gasteiger partial charge is 0.408 e. The standard InChI is InChI=1S/C31H40N4O7/c1-30(2,3)42-29(41)32-23-14-8-6-4-5-7-12-20-16-31(20,28(39)40)33-25(36)24-15-21(18-35(24)27(23)38)34-17-19-11-9-10-13-22(19)26(34)37/h7,9-13,20-21,23-24H,4-6,8,14-18H2,1-3H3,(H,32,41)(H,33,36)(H,39,40)/b12-7+/t20?,21-,23?,24?,31?/m1/s1. The number of aliphatic carboxylic acids is 1. The van der Waals surface area contributed by atoms with Crippen molar-refractivity contribution in [2.75, 3.05) is 6.54 Å². The number of carboxylic acid groups (broad SMARTS) is 1. The first-order valence-electron chi connectivity index (χ1n) is 14.8. The van der Waals surface area contributed by atoms with Gasteiger partial charge >= 0.3 is 12.1 Å². The first-order valence-corrected chi connectivity index (χ1v) is 14.8. The van der Waals surface area contributed by atoms with Gasteiger partial charge < -0.3 is 30.3 Å². The minimum Gasteiger partial charge on any atom is -0.479 e. The molecule has 11 nitrogen and oxygen atoms in total. The molecular weight excluding hydrogens is 540 g/mol. The van der Waals surface area contributed by atoms with E-state index >= 15 is 0 Å². The number of hydrogen-bond acceptors (Lipinski definition) is 6. The lowest BCUT2D eigenvalue weighted by Gasteiger charge is -2.30. The number of fused-ring (bicyclic) bond motifs is 3. The summed E-state index contributed by atoms with van der Waals surface area (Å²) in [7, 11) is 0. The lowest BCUT2D eigenvalue weighted by Crippen LogP contribution is -2.56. The highest BCUT2D eigenvalue weighted by Gasteiger charge is 2.61. The summed E-state index contributed by atoms with van der Waals surface area (Å²) < 4.78 is 5.43. The lowest BCUT2D eigenvalue weighted by molar-refractivity contribution is -0.145. The Morgan fingerprint density at radius 3 is 2.57 bits per heavy atom. The van der Waals surface area contributed by atoms with Crippen molar-refractivity contribution in [3.8, 4) is 0 Å². The molecule has 4 aliphatic rings. The number of hydrogen-bond donors (Lipinski definition) is 3. The van der Waals surface area contributed by atoms with E-state index in [1.165, 1.54) is 4.90 Å². The Kier molecular flexibility index (Phi) is 8.04. The first-order chi connectivity index (χ1) is 19.9. The number of alkyl carbamates (subject to hydrolysis) is 1. The number of nitrogens with zero attached hydrogens (tertiary/aromatic N) is 2. The molecule has 1 saturated carbocycles. The van der Waals surface area contributed by atoms with E-state index in [9.17, 15) is 29.1 Å². The molecule has 2 fully saturated rings. The summed E-state index contributed by atoms with van der Waals surface area (Å²) >= 11 is 0. The second kappa shape index (κ2) is 11.4. The molecule has 5 atom stereocenters. The van der Waals surface area contributed by atoms with Gasteiger partial charge in [0.15, 0.2) is 0 Å². The molecule has 1 aromatic rings. The number of rotatable bonds is 3. The minimum atomic E-state index is -1.42. The Morgan fingerprint density at radius 1 is 1.10 bits per heavy atom. The molecule has 1 aliphatic carbocycles. The van der Waals surface area contributed by atoms with Gasteiger partial charge in [-0.25, -0.2) is 9.59 Å². The van der Waals surface area contributed by atoms with Crippen LogP contribution in [0.2, 0.25) is 0 Å². The fraction of sp³-hybridized carbons (Fsp3) is 0.581. The van der Waals surface area contributed by atoms with Crippen molar-refractivity contribution in [3.63, 3.8) is 0 Å². The van der Waals surface area contributed by atoms with Crippen LogP contribution in [0.5, 0.6) is 0 Å². The van der Waals surface area contributed by atoms with Crippen molar-refractivity contribution in [1.29, 1.82) is 0 Å². The number of ether oxygens (including phenoxy) is 1. The van der Waals surface area contributed by atoms with Gasteiger partial charge in [0.25, 0.3) is 5.91 Å². The van der Waals surface area contributed by atoms with Crippen LogP contribution in [-0.2, 0) is 25.7 Å². The van der Waals surface area contributed by atoms with Gasteiger partial charge in [-0.2, -0.15) is 0 Å². The Bertz CT molecular complexity index is 1300. The highest BCUT2D eigenvalue weighted by atomic mass is 16.6. The van der Waals surface area contributed by atoms with Crippen LogP contribution in [0.15, 0.2) is 36.4 Å². The second-order valence-corrected chi connectivity index (χ2v) is 12.8. The van der Waals surface area contributed by atoms with E-state index in [-0.39, 0.29) is 31.2 Å². The van der Waals surface area contributed by atoms with Crippen molar-refractivity contribution in [3.05, 3.63) is 47.5 Å². The Morgan fingerprint density at radius 2 is 1.86 bits per heavy atom. The molecule has 0 spiro atoms. The molecule has 226 valence electrons. The largest absolute Gasteiger partial charge is 0.479 e. The van der Waals surface area contributed by atoms with E-state index in [4.69, 9.17) is 4.74 Å². The van der Waals surface area contributed by atoms with Crippen LogP contribution < -0.4 is 10.6 Å². The summed E-state index contributed by atoms with van der Waals surface area (Å²) in [6.07, 6.45) is 6.94. The number of carboxylic acids is 1. The Labute approximate surface area is 245 Å². The Hall–Kier alpha value is -3.89. The van der Waals surface area contributed by atoms with Gasteiger partial charge in [0.1, 0.15) is 23.2 Å². The minimum absolute atomic E-state index is 0.0898. The average molecular weight is 581 g/mol. The van der Waals surface area contributed by atoms with Gasteiger partial charge in [-0.1, -0.05) is 43.2 Å². The summed E-state index contributed by atoms with van der Waals surface area (Å²) in [6.45, 7) is 5.66. The van der Waals surface area contributed by atoms with E-state index in [2.05, 4.69) is 10.6 Å². The first kappa shape index (κ1) is 29.6. The number of benzene rings is 1. The normalized spacial score (nSPS) is 30.7. The maximum atomic E-state index is 14.1. The zero-order valence-corrected chi connectivity index (χ0v) is 24.4. The van der Waals surface area contributed by atoms with E-state index in [1.807, 2.05) is 24.3 Å². The quantitative estimate of drug-likeness (QED) is 0.466. The summed E-state index contributed by atoms with van der Waals surface area (Å²) in [6, 6.07) is 4.91. The molecule has 3 N–H and O–H groups in total. The van der Waals surface area contributed by atoms with E-state index in [0.29, 0.717) is 24.9 Å². The van der Waals surface area contributed by atoms with Crippen LogP contribution >= 0.6 is 0 Å². The fourth-order valence-corrected chi connectivity index (χ4v) is 6.33. The molecule has 0 aromatic heterocycles. The van der Waals surface area contributed by atoms with Gasteiger partial charge in [0, 0.05) is 24.6 Å². The summed E-state index contributed by atoms with van der Waals surface area (Å²) in [5.74, 6) is -2.63. The van der Waals surface area contributed by atoms with E-state index in [0.717, 1.165) is 24.8 Å². The van der Waals surface area contributed by atoms with Gasteiger partial charge in [-0.15, -0.1) is 0 Å². The van der Waals surface area contributed by atoms with Crippen molar-refractivity contribution in [2.45, 2.75) is 102 Å². The van der Waals surface area contributed by atoms with Gasteiger partial charge in [-0.3, -0.25) is 14.4 Å². The van der Waals surface area contributed by atoms with E-state index in [1.54, 1.807) is 37.8 Å². The Balaban J connectivity index is 1.44. The van der Waals surface area contributed by atoms with Crippen LogP contribution in [0, 0.1) is 5.92 Å². The predicted octanol–water partition coefficient (Wildman–Crippen LogP) is 2.99. The molecule has 11 heteroatoms. The van der Waals surface area contributed by atoms with E-state index < -0.39 is 53.1 Å². The average Bonchev–Trinajstić information content (AvgIpc) is 3.27. The molecular formula is C31H40N4O7. The van der Waals surface area contributed by atoms with Crippen LogP contribution in [-0.4, -0.2) is 80.5 Å². The molecule has 1 saturated heterocycles. The van der Waals surface area contributed by atoms with Gasteiger partial charge in [0.05, 0.1) is 6.04 Å². The third-order valence-electron chi connectivity index (χ3n) is 8.62. The summed E-state index contributed by atoms with van der Waals surface area (Å²) in [4.78, 5) is 69.4. The van der Waals surface area contributed by atoms with Crippen molar-refractivity contribution < 1.29 is 33.8 Å². The molecule has 3 heterocycles. The molecule has 4 amide bonds. The number of carbonyl (C=O) groups excluding carboxylic acids is 4. The third kappa shape index (κ3) is 6.00. The van der Waals surface area contributed by atoms with Crippen molar-refractivity contribution >= 4 is 29.8 Å². The number of nitrogens with one attached hydrogen (secondary N) is 2. The lowest BCUT2D eigenvalue weighted by atomic mass is 10.0. The fourth-order valence-electron chi connectivity index (χ4n) is 6.33. The summed E-state index contributed by atoms with van der Waals surface area (Å²) in [5, 5.41) is 15.5. The van der Waals surface area contributed by atoms with Crippen molar-refractivity contribution in [2.24, 2.45) is 5.92 Å². The zero-order valence-electron chi connectivity index (χ0n) is 24.4. The topological polar surface area (TPSA) is 145 Å². The molecule has 0 bridgehead atoms. The highest BCUT2D eigenvalue weighted by molar-refractivity contribution is 5.99. The second-order valence-electron chi connectivity index (χ2n) is 12.8. The molecule has 0 radical (unpaired) electrons. The molecule has 42 heavy (non-hydrogen) atoms. The maximum Gasteiger partial charge on any atom is 0.408 e. The summed E-state index contributed by atoms with van der Waals surface area (Å²) in [5.41, 5.74) is -0.712. The molecule has 3 aliphatic heterocycles.